The van der Waals surface area contributed by atoms with Gasteiger partial charge in [-0.05, 0) is 12.8 Å². The van der Waals surface area contributed by atoms with Gasteiger partial charge in [0.15, 0.2) is 0 Å². The van der Waals surface area contributed by atoms with Crippen molar-refractivity contribution in [1.82, 2.24) is 5.16 Å². The van der Waals surface area contributed by atoms with E-state index >= 15 is 0 Å². The minimum atomic E-state index is -4.25. The topological polar surface area (TPSA) is 38.1 Å². The van der Waals surface area contributed by atoms with Gasteiger partial charge < -0.3 is 9.84 Å². The van der Waals surface area contributed by atoms with Crippen molar-refractivity contribution in [3.05, 3.63) is 11.8 Å². The van der Waals surface area contributed by atoms with Crippen molar-refractivity contribution in [3.8, 4) is 0 Å². The zero-order chi connectivity index (χ0) is 12.9. The van der Waals surface area contributed by atoms with E-state index in [2.05, 4.69) is 17.4 Å². The molecule has 17 heavy (non-hydrogen) atoms. The quantitative estimate of drug-likeness (QED) is 0.830. The molecule has 0 radical (unpaired) electrons. The third-order valence-corrected chi connectivity index (χ3v) is 2.54. The lowest BCUT2D eigenvalue weighted by atomic mass is 9.97. The SMILES string of the molecule is CCCC(CC)c1cc(NCC(F)(F)F)on1. The van der Waals surface area contributed by atoms with Gasteiger partial charge in [0.05, 0.1) is 5.69 Å². The summed E-state index contributed by atoms with van der Waals surface area (Å²) in [6.45, 7) is 2.98. The molecule has 0 aliphatic rings. The van der Waals surface area contributed by atoms with Crippen LogP contribution in [0.15, 0.2) is 10.6 Å². The second-order valence-electron chi connectivity index (χ2n) is 3.98. The van der Waals surface area contributed by atoms with Crippen molar-refractivity contribution in [1.29, 1.82) is 0 Å². The molecule has 1 aromatic rings. The van der Waals surface area contributed by atoms with Gasteiger partial charge in [-0.1, -0.05) is 25.4 Å². The van der Waals surface area contributed by atoms with Gasteiger partial charge in [0, 0.05) is 12.0 Å². The van der Waals surface area contributed by atoms with Crippen LogP contribution in [0.1, 0.15) is 44.7 Å². The lowest BCUT2D eigenvalue weighted by Gasteiger charge is -2.08. The van der Waals surface area contributed by atoms with Gasteiger partial charge in [-0.3, -0.25) is 0 Å². The molecule has 0 spiro atoms. The third-order valence-electron chi connectivity index (χ3n) is 2.54. The molecule has 6 heteroatoms. The highest BCUT2D eigenvalue weighted by molar-refractivity contribution is 5.32. The molecule has 0 fully saturated rings. The number of aromatic nitrogens is 1. The smallest absolute Gasteiger partial charge is 0.345 e. The van der Waals surface area contributed by atoms with Crippen LogP contribution >= 0.6 is 0 Å². The molecule has 1 rings (SSSR count). The van der Waals surface area contributed by atoms with E-state index in [0.717, 1.165) is 25.0 Å². The fourth-order valence-electron chi connectivity index (χ4n) is 1.66. The Hall–Kier alpha value is -1.20. The predicted molar refractivity (Wildman–Crippen MR) is 59.0 cm³/mol. The van der Waals surface area contributed by atoms with E-state index < -0.39 is 12.7 Å². The molecule has 98 valence electrons. The van der Waals surface area contributed by atoms with Gasteiger partial charge in [0.25, 0.3) is 0 Å². The molecular formula is C11H17F3N2O. The van der Waals surface area contributed by atoms with Gasteiger partial charge >= 0.3 is 6.18 Å². The predicted octanol–water partition coefficient (Wildman–Crippen LogP) is 3.94. The first kappa shape index (κ1) is 13.9. The van der Waals surface area contributed by atoms with E-state index in [-0.39, 0.29) is 11.8 Å². The first-order valence-electron chi connectivity index (χ1n) is 5.73. The van der Waals surface area contributed by atoms with Crippen molar-refractivity contribution in [2.45, 2.75) is 45.2 Å². The van der Waals surface area contributed by atoms with Crippen molar-refractivity contribution in [2.24, 2.45) is 0 Å². The lowest BCUT2D eigenvalue weighted by Crippen LogP contribution is -2.20. The maximum atomic E-state index is 12.0. The summed E-state index contributed by atoms with van der Waals surface area (Å²) in [6.07, 6.45) is -1.38. The first-order chi connectivity index (χ1) is 7.96. The third kappa shape index (κ3) is 4.66. The largest absolute Gasteiger partial charge is 0.405 e. The average Bonchev–Trinajstić information content (AvgIpc) is 2.70. The number of nitrogens with one attached hydrogen (secondary N) is 1. The molecule has 0 saturated carbocycles. The average molecular weight is 250 g/mol. The maximum Gasteiger partial charge on any atom is 0.405 e. The summed E-state index contributed by atoms with van der Waals surface area (Å²) < 4.78 is 40.7. The molecule has 0 aliphatic carbocycles. The highest BCUT2D eigenvalue weighted by Crippen LogP contribution is 2.26. The number of rotatable bonds is 6. The Bertz CT molecular complexity index is 336. The second kappa shape index (κ2) is 5.93. The Kier molecular flexibility index (Phi) is 4.84. The minimum Gasteiger partial charge on any atom is -0.345 e. The highest BCUT2D eigenvalue weighted by atomic mass is 19.4. The van der Waals surface area contributed by atoms with Crippen LogP contribution in [0.4, 0.5) is 19.1 Å². The van der Waals surface area contributed by atoms with E-state index in [0.29, 0.717) is 0 Å². The number of hydrogen-bond donors (Lipinski definition) is 1. The summed E-state index contributed by atoms with van der Waals surface area (Å²) in [5, 5.41) is 5.97. The Morgan fingerprint density at radius 1 is 1.41 bits per heavy atom. The second-order valence-corrected chi connectivity index (χ2v) is 3.98. The molecule has 0 saturated heterocycles. The molecule has 0 bridgehead atoms. The molecule has 1 atom stereocenters. The van der Waals surface area contributed by atoms with Crippen LogP contribution in [-0.2, 0) is 0 Å². The normalized spacial score (nSPS) is 13.7. The zero-order valence-electron chi connectivity index (χ0n) is 9.97. The summed E-state index contributed by atoms with van der Waals surface area (Å²) in [5.74, 6) is 0.331. The highest BCUT2D eigenvalue weighted by Gasteiger charge is 2.27. The minimum absolute atomic E-state index is 0.0758. The number of hydrogen-bond acceptors (Lipinski definition) is 3. The molecule has 0 aliphatic heterocycles. The molecule has 1 aromatic heterocycles. The summed E-state index contributed by atoms with van der Waals surface area (Å²) in [5.41, 5.74) is 0.721. The van der Waals surface area contributed by atoms with Crippen molar-refractivity contribution in [3.63, 3.8) is 0 Å². The lowest BCUT2D eigenvalue weighted by molar-refractivity contribution is -0.115. The van der Waals surface area contributed by atoms with Crippen LogP contribution < -0.4 is 5.32 Å². The van der Waals surface area contributed by atoms with Crippen LogP contribution in [-0.4, -0.2) is 17.9 Å². The Morgan fingerprint density at radius 3 is 2.65 bits per heavy atom. The van der Waals surface area contributed by atoms with Crippen LogP contribution in [0.25, 0.3) is 0 Å². The summed E-state index contributed by atoms with van der Waals surface area (Å²) in [6, 6.07) is 1.55. The van der Waals surface area contributed by atoms with Crippen molar-refractivity contribution >= 4 is 5.88 Å². The van der Waals surface area contributed by atoms with E-state index in [1.54, 1.807) is 6.07 Å². The van der Waals surface area contributed by atoms with E-state index in [1.165, 1.54) is 0 Å². The Balaban J connectivity index is 2.58. The van der Waals surface area contributed by atoms with Crippen LogP contribution in [0.3, 0.4) is 0 Å². The molecular weight excluding hydrogens is 233 g/mol. The summed E-state index contributed by atoms with van der Waals surface area (Å²) in [7, 11) is 0. The first-order valence-corrected chi connectivity index (χ1v) is 5.73. The molecule has 0 amide bonds. The zero-order valence-corrected chi connectivity index (χ0v) is 9.97. The van der Waals surface area contributed by atoms with Gasteiger partial charge in [-0.15, -0.1) is 0 Å². The number of alkyl halides is 3. The fraction of sp³-hybridized carbons (Fsp3) is 0.727. The van der Waals surface area contributed by atoms with Gasteiger partial charge in [0.2, 0.25) is 5.88 Å². The molecule has 1 N–H and O–H groups in total. The van der Waals surface area contributed by atoms with Crippen LogP contribution in [0, 0.1) is 0 Å². The number of halogens is 3. The summed E-state index contributed by atoms with van der Waals surface area (Å²) >= 11 is 0. The monoisotopic (exact) mass is 250 g/mol. The molecule has 0 aromatic carbocycles. The van der Waals surface area contributed by atoms with Crippen molar-refractivity contribution in [2.75, 3.05) is 11.9 Å². The molecule has 1 unspecified atom stereocenters. The number of nitrogens with zero attached hydrogens (tertiary/aromatic N) is 1. The Morgan fingerprint density at radius 2 is 2.12 bits per heavy atom. The van der Waals surface area contributed by atoms with Crippen molar-refractivity contribution < 1.29 is 17.7 Å². The number of anilines is 1. The van der Waals surface area contributed by atoms with Gasteiger partial charge in [0.1, 0.15) is 6.54 Å². The summed E-state index contributed by atoms with van der Waals surface area (Å²) in [4.78, 5) is 0. The standard InChI is InChI=1S/C11H17F3N2O/c1-3-5-8(4-2)9-6-10(17-16-9)15-7-11(12,13)14/h6,8,15H,3-5,7H2,1-2H3. The van der Waals surface area contributed by atoms with E-state index in [9.17, 15) is 13.2 Å². The van der Waals surface area contributed by atoms with Crippen LogP contribution in [0.5, 0.6) is 0 Å². The molecule has 1 heterocycles. The maximum absolute atomic E-state index is 12.0. The van der Waals surface area contributed by atoms with Crippen LogP contribution in [0.2, 0.25) is 0 Å². The van der Waals surface area contributed by atoms with E-state index in [1.807, 2.05) is 6.92 Å². The van der Waals surface area contributed by atoms with Gasteiger partial charge in [-0.2, -0.15) is 13.2 Å². The fourth-order valence-corrected chi connectivity index (χ4v) is 1.66. The Labute approximate surface area is 98.4 Å². The van der Waals surface area contributed by atoms with E-state index in [4.69, 9.17) is 4.52 Å². The molecule has 3 nitrogen and oxygen atoms in total. The van der Waals surface area contributed by atoms with Gasteiger partial charge in [-0.25, -0.2) is 0 Å².